The number of Topliss-reactive ketones (excluding diaryl/α,β-unsaturated/α-hetero) is 1. The summed E-state index contributed by atoms with van der Waals surface area (Å²) in [5, 5.41) is 0. The molecule has 2 bridgehead atoms. The van der Waals surface area contributed by atoms with E-state index < -0.39 is 5.54 Å². The fourth-order valence-electron chi connectivity index (χ4n) is 6.95. The van der Waals surface area contributed by atoms with Crippen molar-refractivity contribution < 1.29 is 4.79 Å². The van der Waals surface area contributed by atoms with Crippen molar-refractivity contribution in [2.75, 3.05) is 0 Å². The van der Waals surface area contributed by atoms with Crippen LogP contribution in [0.25, 0.3) is 17.3 Å². The van der Waals surface area contributed by atoms with Gasteiger partial charge >= 0.3 is 0 Å². The lowest BCUT2D eigenvalue weighted by Gasteiger charge is -2.37. The molecular formula is C37H32N2O. The first-order chi connectivity index (χ1) is 19.7. The molecule has 196 valence electrons. The first-order valence-corrected chi connectivity index (χ1v) is 14.3. The summed E-state index contributed by atoms with van der Waals surface area (Å²) in [5.41, 5.74) is 6.90. The molecule has 0 spiro atoms. The van der Waals surface area contributed by atoms with Crippen LogP contribution in [0.4, 0.5) is 0 Å². The van der Waals surface area contributed by atoms with Gasteiger partial charge in [0.05, 0.1) is 12.0 Å². The average molecular weight is 521 g/mol. The first kappa shape index (κ1) is 24.5. The Balaban J connectivity index is 1.40. The third-order valence-electron chi connectivity index (χ3n) is 8.91. The molecule has 8 rings (SSSR count). The molecule has 3 heteroatoms. The van der Waals surface area contributed by atoms with Crippen molar-refractivity contribution in [2.24, 2.45) is 11.8 Å². The van der Waals surface area contributed by atoms with E-state index in [1.54, 1.807) is 0 Å². The number of ketones is 1. The lowest BCUT2D eigenvalue weighted by molar-refractivity contribution is -0.123. The molecule has 5 aromatic rings. The second-order valence-corrected chi connectivity index (χ2v) is 11.1. The van der Waals surface area contributed by atoms with Crippen molar-refractivity contribution in [3.8, 4) is 11.3 Å². The third-order valence-corrected chi connectivity index (χ3v) is 8.91. The number of imidazole rings is 1. The summed E-state index contributed by atoms with van der Waals surface area (Å²) in [5.74, 6) is 0.968. The number of carbonyl (C=O) groups is 1. The van der Waals surface area contributed by atoms with Crippen LogP contribution in [0.2, 0.25) is 0 Å². The van der Waals surface area contributed by atoms with Crippen LogP contribution in [0.3, 0.4) is 0 Å². The largest absolute Gasteiger partial charge is 0.318 e. The number of fused-ring (bicyclic) bond motifs is 3. The van der Waals surface area contributed by atoms with E-state index >= 15 is 0 Å². The van der Waals surface area contributed by atoms with Crippen LogP contribution in [-0.4, -0.2) is 15.3 Å². The highest BCUT2D eigenvalue weighted by molar-refractivity contribution is 6.03. The molecule has 1 heterocycles. The van der Waals surface area contributed by atoms with Gasteiger partial charge in [0.15, 0.2) is 5.78 Å². The van der Waals surface area contributed by atoms with Crippen LogP contribution in [0.5, 0.6) is 0 Å². The van der Waals surface area contributed by atoms with Crippen molar-refractivity contribution in [3.05, 3.63) is 156 Å². The molecule has 0 radical (unpaired) electrons. The van der Waals surface area contributed by atoms with E-state index in [9.17, 15) is 4.79 Å². The highest BCUT2D eigenvalue weighted by Crippen LogP contribution is 2.44. The van der Waals surface area contributed by atoms with Gasteiger partial charge in [0, 0.05) is 17.7 Å². The fourth-order valence-corrected chi connectivity index (χ4v) is 6.95. The van der Waals surface area contributed by atoms with Gasteiger partial charge in [0.25, 0.3) is 0 Å². The van der Waals surface area contributed by atoms with E-state index in [1.807, 2.05) is 6.33 Å². The van der Waals surface area contributed by atoms with E-state index in [-0.39, 0.29) is 5.92 Å². The number of allylic oxidation sites excluding steroid dienone is 1. The number of hydrogen-bond donors (Lipinski definition) is 0. The molecule has 3 aliphatic carbocycles. The van der Waals surface area contributed by atoms with Crippen molar-refractivity contribution in [2.45, 2.75) is 31.2 Å². The van der Waals surface area contributed by atoms with Gasteiger partial charge in [-0.05, 0) is 65.5 Å². The minimum atomic E-state index is -0.610. The molecule has 0 aliphatic heterocycles. The molecule has 4 aromatic carbocycles. The Hall–Kier alpha value is -4.50. The summed E-state index contributed by atoms with van der Waals surface area (Å²) in [7, 11) is 0. The number of carbonyl (C=O) groups excluding carboxylic acids is 1. The lowest BCUT2D eigenvalue weighted by atomic mass is 9.66. The standard InChI is InChI=1S/C37H32N2O/c40-36-28-22-20-27(21-23-28)34(36)24-29-12-10-11-19-33(29)35-25-39(26-38-35)37(30-13-4-1-5-14-30,31-15-6-2-7-16-31)32-17-8-3-9-18-32/h1-19,24-28H,20-23H2. The van der Waals surface area contributed by atoms with Crippen LogP contribution in [-0.2, 0) is 10.3 Å². The molecule has 3 aliphatic rings. The minimum absolute atomic E-state index is 0.214. The second-order valence-electron chi connectivity index (χ2n) is 11.1. The van der Waals surface area contributed by atoms with Crippen LogP contribution >= 0.6 is 0 Å². The van der Waals surface area contributed by atoms with E-state index in [0.29, 0.717) is 11.7 Å². The molecular weight excluding hydrogens is 488 g/mol. The molecule has 0 N–H and O–H groups in total. The molecule has 0 amide bonds. The Bertz CT molecular complexity index is 1560. The quantitative estimate of drug-likeness (QED) is 0.167. The van der Waals surface area contributed by atoms with Crippen molar-refractivity contribution in [1.29, 1.82) is 0 Å². The first-order valence-electron chi connectivity index (χ1n) is 14.3. The SMILES string of the molecule is O=C1C(=Cc2ccccc2-c2cn(C(c3ccccc3)(c3ccccc3)c3ccccc3)cn2)C2CCC1CC2. The van der Waals surface area contributed by atoms with Gasteiger partial charge in [0.1, 0.15) is 5.54 Å². The Labute approximate surface area is 235 Å². The number of hydrogen-bond acceptors (Lipinski definition) is 2. The van der Waals surface area contributed by atoms with Gasteiger partial charge in [-0.3, -0.25) is 4.79 Å². The fraction of sp³-hybridized carbons (Fsp3) is 0.189. The minimum Gasteiger partial charge on any atom is -0.318 e. The van der Waals surface area contributed by atoms with Gasteiger partial charge in [-0.2, -0.15) is 0 Å². The van der Waals surface area contributed by atoms with Crippen LogP contribution in [0.15, 0.2) is 133 Å². The Morgan fingerprint density at radius 3 is 1.70 bits per heavy atom. The highest BCUT2D eigenvalue weighted by Gasteiger charge is 2.39. The summed E-state index contributed by atoms with van der Waals surface area (Å²) < 4.78 is 2.25. The maximum atomic E-state index is 13.2. The maximum Gasteiger partial charge on any atom is 0.162 e. The predicted molar refractivity (Wildman–Crippen MR) is 161 cm³/mol. The van der Waals surface area contributed by atoms with Gasteiger partial charge in [-0.15, -0.1) is 0 Å². The average Bonchev–Trinajstić information content (AvgIpc) is 3.52. The summed E-state index contributed by atoms with van der Waals surface area (Å²) in [6.07, 6.45) is 10.6. The smallest absolute Gasteiger partial charge is 0.162 e. The second kappa shape index (κ2) is 10.2. The summed E-state index contributed by atoms with van der Waals surface area (Å²) in [6, 6.07) is 40.3. The zero-order chi connectivity index (χ0) is 26.9. The number of aromatic nitrogens is 2. The molecule has 3 nitrogen and oxygen atoms in total. The Kier molecular flexibility index (Phi) is 6.28. The topological polar surface area (TPSA) is 34.9 Å². The molecule has 3 fully saturated rings. The predicted octanol–water partition coefficient (Wildman–Crippen LogP) is 8.16. The van der Waals surface area contributed by atoms with Crippen molar-refractivity contribution in [1.82, 2.24) is 9.55 Å². The van der Waals surface area contributed by atoms with Crippen LogP contribution < -0.4 is 0 Å². The zero-order valence-electron chi connectivity index (χ0n) is 22.5. The van der Waals surface area contributed by atoms with E-state index in [2.05, 4.69) is 132 Å². The Morgan fingerprint density at radius 1 is 0.650 bits per heavy atom. The van der Waals surface area contributed by atoms with Gasteiger partial charge in [-0.25, -0.2) is 4.98 Å². The normalized spacial score (nSPS) is 19.7. The summed E-state index contributed by atoms with van der Waals surface area (Å²) >= 11 is 0. The lowest BCUT2D eigenvalue weighted by Crippen LogP contribution is -2.36. The van der Waals surface area contributed by atoms with Crippen molar-refractivity contribution >= 4 is 11.9 Å². The number of benzene rings is 4. The van der Waals surface area contributed by atoms with E-state index in [0.717, 1.165) is 64.8 Å². The van der Waals surface area contributed by atoms with Crippen LogP contribution in [0, 0.1) is 11.8 Å². The molecule has 1 aromatic heterocycles. The van der Waals surface area contributed by atoms with Crippen molar-refractivity contribution in [3.63, 3.8) is 0 Å². The Morgan fingerprint density at radius 2 is 1.15 bits per heavy atom. The number of nitrogens with zero attached hydrogens (tertiary/aromatic N) is 2. The molecule has 0 unspecified atom stereocenters. The molecule has 0 saturated heterocycles. The van der Waals surface area contributed by atoms with Gasteiger partial charge in [-0.1, -0.05) is 115 Å². The van der Waals surface area contributed by atoms with E-state index in [4.69, 9.17) is 4.98 Å². The van der Waals surface area contributed by atoms with Gasteiger partial charge in [0.2, 0.25) is 0 Å². The summed E-state index contributed by atoms with van der Waals surface area (Å²) in [4.78, 5) is 18.2. The molecule has 0 atom stereocenters. The van der Waals surface area contributed by atoms with E-state index in [1.165, 1.54) is 0 Å². The van der Waals surface area contributed by atoms with Crippen LogP contribution in [0.1, 0.15) is 47.9 Å². The van der Waals surface area contributed by atoms with Gasteiger partial charge < -0.3 is 4.57 Å². The number of rotatable bonds is 6. The molecule has 3 saturated carbocycles. The maximum absolute atomic E-state index is 13.2. The third kappa shape index (κ3) is 4.05. The summed E-state index contributed by atoms with van der Waals surface area (Å²) in [6.45, 7) is 0. The highest BCUT2D eigenvalue weighted by atomic mass is 16.1. The monoisotopic (exact) mass is 520 g/mol. The zero-order valence-corrected chi connectivity index (χ0v) is 22.5. The molecule has 40 heavy (non-hydrogen) atoms.